The Morgan fingerprint density at radius 1 is 1.18 bits per heavy atom. The molecule has 0 spiro atoms. The second kappa shape index (κ2) is 13.5. The van der Waals surface area contributed by atoms with Gasteiger partial charge in [-0.15, -0.1) is 0 Å². The Morgan fingerprint density at radius 2 is 1.85 bits per heavy atom. The van der Waals surface area contributed by atoms with Gasteiger partial charge < -0.3 is 23.8 Å². The summed E-state index contributed by atoms with van der Waals surface area (Å²) in [4.78, 5) is 40.3. The molecule has 0 saturated carbocycles. The molecule has 1 amide bonds. The molecule has 0 bridgehead atoms. The first-order valence-electron chi connectivity index (χ1n) is 13.3. The van der Waals surface area contributed by atoms with Gasteiger partial charge in [0.2, 0.25) is 0 Å². The summed E-state index contributed by atoms with van der Waals surface area (Å²) in [5, 5.41) is 0. The molecule has 0 N–H and O–H groups in total. The van der Waals surface area contributed by atoms with E-state index in [1.54, 1.807) is 19.9 Å². The summed E-state index contributed by atoms with van der Waals surface area (Å²) in [7, 11) is 1.38. The van der Waals surface area contributed by atoms with Crippen molar-refractivity contribution in [1.29, 1.82) is 0 Å². The van der Waals surface area contributed by atoms with Gasteiger partial charge >= 0.3 is 24.0 Å². The average Bonchev–Trinajstić information content (AvgIpc) is 3.29. The molecule has 1 saturated heterocycles. The number of hydrogen-bond acceptors (Lipinski definition) is 8. The number of anilines is 1. The van der Waals surface area contributed by atoms with Crippen molar-refractivity contribution in [2.45, 2.75) is 65.8 Å². The van der Waals surface area contributed by atoms with Crippen molar-refractivity contribution in [3.8, 4) is 5.75 Å². The molecule has 3 rings (SSSR count). The summed E-state index contributed by atoms with van der Waals surface area (Å²) < 4.78 is 62.4. The highest BCUT2D eigenvalue weighted by Crippen LogP contribution is 2.44. The molecule has 0 radical (unpaired) electrons. The first-order valence-corrected chi connectivity index (χ1v) is 13.3. The zero-order chi connectivity index (χ0) is 29.6. The van der Waals surface area contributed by atoms with Crippen molar-refractivity contribution in [3.63, 3.8) is 0 Å². The molecule has 222 valence electrons. The van der Waals surface area contributed by atoms with Crippen molar-refractivity contribution in [3.05, 3.63) is 33.9 Å². The van der Waals surface area contributed by atoms with E-state index < -0.39 is 24.1 Å². The topological polar surface area (TPSA) is 94.6 Å². The fourth-order valence-electron chi connectivity index (χ4n) is 4.89. The number of hydrogen-bond donors (Lipinski definition) is 0. The van der Waals surface area contributed by atoms with Gasteiger partial charge in [0.05, 0.1) is 31.6 Å². The molecule has 2 aliphatic heterocycles. The maximum absolute atomic E-state index is 13.7. The number of carbonyl (C=O) groups excluding carboxylic acids is 3. The molecule has 40 heavy (non-hydrogen) atoms. The lowest BCUT2D eigenvalue weighted by Gasteiger charge is -2.32. The van der Waals surface area contributed by atoms with Gasteiger partial charge in [-0.25, -0.2) is 4.79 Å². The molecule has 12 heteroatoms. The van der Waals surface area contributed by atoms with Crippen LogP contribution < -0.4 is 9.64 Å². The summed E-state index contributed by atoms with van der Waals surface area (Å²) in [6.45, 7) is 10.1. The van der Waals surface area contributed by atoms with Crippen LogP contribution in [-0.2, 0) is 36.8 Å². The van der Waals surface area contributed by atoms with Crippen molar-refractivity contribution in [2.75, 3.05) is 51.5 Å². The minimum Gasteiger partial charge on any atom is -0.496 e. The van der Waals surface area contributed by atoms with Crippen molar-refractivity contribution >= 4 is 23.5 Å². The quantitative estimate of drug-likeness (QED) is 0.290. The number of nitrogens with zero attached hydrogens (tertiary/aromatic N) is 2. The highest BCUT2D eigenvalue weighted by molar-refractivity contribution is 6.08. The van der Waals surface area contributed by atoms with Crippen LogP contribution >= 0.6 is 0 Å². The molecule has 1 aromatic rings. The number of ether oxygens (including phenoxy) is 4. The van der Waals surface area contributed by atoms with Crippen LogP contribution in [0.1, 0.15) is 60.7 Å². The van der Waals surface area contributed by atoms with Crippen LogP contribution in [0.5, 0.6) is 5.75 Å². The summed E-state index contributed by atoms with van der Waals surface area (Å²) in [6, 6.07) is -0.921. The van der Waals surface area contributed by atoms with Crippen molar-refractivity contribution < 1.29 is 46.5 Å². The highest BCUT2D eigenvalue weighted by Gasteiger charge is 2.47. The van der Waals surface area contributed by atoms with Gasteiger partial charge in [0.15, 0.2) is 0 Å². The molecule has 2 heterocycles. The van der Waals surface area contributed by atoms with Gasteiger partial charge in [0.25, 0.3) is 0 Å². The molecule has 0 aromatic heterocycles. The number of halogens is 3. The molecular formula is C28H37F3N2O7. The summed E-state index contributed by atoms with van der Waals surface area (Å²) in [5.41, 5.74) is 1.77. The van der Waals surface area contributed by atoms with Crippen LogP contribution in [-0.4, -0.2) is 81.5 Å². The second-order valence-electron chi connectivity index (χ2n) is 10.1. The number of fused-ring (bicyclic) bond motifs is 1. The fraction of sp³-hybridized carbons (Fsp3) is 0.607. The Kier molecular flexibility index (Phi) is 10.6. The van der Waals surface area contributed by atoms with Crippen LogP contribution in [0.15, 0.2) is 11.6 Å². The van der Waals surface area contributed by atoms with Gasteiger partial charge in [-0.3, -0.25) is 14.5 Å². The molecule has 9 nitrogen and oxygen atoms in total. The number of methoxy groups -OCH3 is 1. The molecule has 1 fully saturated rings. The number of carbonyl (C=O) groups is 3. The van der Waals surface area contributed by atoms with Crippen LogP contribution in [0.25, 0.3) is 0 Å². The number of esters is 2. The van der Waals surface area contributed by atoms with E-state index in [0.717, 1.165) is 18.7 Å². The maximum atomic E-state index is 13.7. The SMILES string of the molecule is COc1c(C)c2c(c(N(C(=O)C(F)(F)F)C(C)C)c1CC=C(C)CCC(=O)OCCN1CCOCC1)C(=O)OC2. The smallest absolute Gasteiger partial charge is 0.471 e. The van der Waals surface area contributed by atoms with Crippen molar-refractivity contribution in [2.24, 2.45) is 0 Å². The monoisotopic (exact) mass is 570 g/mol. The second-order valence-corrected chi connectivity index (χ2v) is 10.1. The van der Waals surface area contributed by atoms with E-state index in [0.29, 0.717) is 42.2 Å². The van der Waals surface area contributed by atoms with Crippen LogP contribution in [0.2, 0.25) is 0 Å². The molecule has 1 aromatic carbocycles. The first kappa shape index (κ1) is 31.4. The number of benzene rings is 1. The van der Waals surface area contributed by atoms with Gasteiger partial charge in [0, 0.05) is 43.2 Å². The van der Waals surface area contributed by atoms with E-state index >= 15 is 0 Å². The minimum atomic E-state index is -5.16. The van der Waals surface area contributed by atoms with Gasteiger partial charge in [-0.05, 0) is 46.1 Å². The third-order valence-corrected chi connectivity index (χ3v) is 7.02. The van der Waals surface area contributed by atoms with Crippen LogP contribution in [0.3, 0.4) is 0 Å². The maximum Gasteiger partial charge on any atom is 0.471 e. The average molecular weight is 571 g/mol. The number of amides is 1. The Labute approximate surface area is 232 Å². The van der Waals surface area contributed by atoms with E-state index in [1.165, 1.54) is 21.0 Å². The van der Waals surface area contributed by atoms with Gasteiger partial charge in [0.1, 0.15) is 19.0 Å². The number of cyclic esters (lactones) is 1. The first-order chi connectivity index (χ1) is 18.9. The third kappa shape index (κ3) is 7.34. The van der Waals surface area contributed by atoms with Crippen molar-refractivity contribution in [1.82, 2.24) is 4.90 Å². The number of allylic oxidation sites excluding steroid dienone is 2. The Hall–Kier alpha value is -3.12. The van der Waals surface area contributed by atoms with Gasteiger partial charge in [-0.2, -0.15) is 13.2 Å². The largest absolute Gasteiger partial charge is 0.496 e. The predicted octanol–water partition coefficient (Wildman–Crippen LogP) is 4.12. The van der Waals surface area contributed by atoms with E-state index in [2.05, 4.69) is 4.90 Å². The van der Waals surface area contributed by atoms with E-state index in [1.807, 2.05) is 0 Å². The van der Waals surface area contributed by atoms with E-state index in [9.17, 15) is 27.6 Å². The summed E-state index contributed by atoms with van der Waals surface area (Å²) in [5.74, 6) is -2.95. The van der Waals surface area contributed by atoms with E-state index in [-0.39, 0.29) is 54.6 Å². The zero-order valence-corrected chi connectivity index (χ0v) is 23.6. The minimum absolute atomic E-state index is 0.0606. The fourth-order valence-corrected chi connectivity index (χ4v) is 4.89. The lowest BCUT2D eigenvalue weighted by Crippen LogP contribution is -2.46. The van der Waals surface area contributed by atoms with Crippen LogP contribution in [0.4, 0.5) is 18.9 Å². The molecule has 0 atom stereocenters. The summed E-state index contributed by atoms with van der Waals surface area (Å²) >= 11 is 0. The number of alkyl halides is 3. The standard InChI is InChI=1S/C28H37F3N2O7/c1-17(2)33(27(36)28(29,30)31)24-20(25(37-5)19(4)21-16-40-26(35)23(21)24)8-6-18(3)7-9-22(34)39-15-12-32-10-13-38-14-11-32/h6,17H,7-16H2,1-5H3. The number of morpholine rings is 1. The molecule has 0 aliphatic carbocycles. The lowest BCUT2D eigenvalue weighted by molar-refractivity contribution is -0.170. The van der Waals surface area contributed by atoms with Crippen LogP contribution in [0, 0.1) is 6.92 Å². The Bertz CT molecular complexity index is 1140. The predicted molar refractivity (Wildman–Crippen MR) is 140 cm³/mol. The zero-order valence-electron chi connectivity index (χ0n) is 23.6. The third-order valence-electron chi connectivity index (χ3n) is 7.02. The molecule has 0 unspecified atom stereocenters. The van der Waals surface area contributed by atoms with Gasteiger partial charge in [-0.1, -0.05) is 11.6 Å². The normalized spacial score (nSPS) is 16.1. The molecular weight excluding hydrogens is 533 g/mol. The Balaban J connectivity index is 1.83. The molecule has 2 aliphatic rings. The Morgan fingerprint density at radius 3 is 2.45 bits per heavy atom. The van der Waals surface area contributed by atoms with E-state index in [4.69, 9.17) is 18.9 Å². The highest BCUT2D eigenvalue weighted by atomic mass is 19.4. The summed E-state index contributed by atoms with van der Waals surface area (Å²) in [6.07, 6.45) is -2.84. The number of rotatable bonds is 11. The lowest BCUT2D eigenvalue weighted by atomic mass is 9.92.